The van der Waals surface area contributed by atoms with Gasteiger partial charge in [0.05, 0.1) is 10.0 Å². The molecule has 5 nitrogen and oxygen atoms in total. The van der Waals surface area contributed by atoms with Crippen molar-refractivity contribution in [2.75, 3.05) is 13.1 Å². The van der Waals surface area contributed by atoms with Crippen molar-refractivity contribution in [2.45, 2.75) is 12.8 Å². The Bertz CT molecular complexity index is 542. The van der Waals surface area contributed by atoms with Gasteiger partial charge in [0.2, 0.25) is 0 Å². The molecule has 108 valence electrons. The van der Waals surface area contributed by atoms with Crippen molar-refractivity contribution in [3.63, 3.8) is 0 Å². The Labute approximate surface area is 124 Å². The minimum absolute atomic E-state index is 0.0139. The highest BCUT2D eigenvalue weighted by atomic mass is 79.9. The van der Waals surface area contributed by atoms with E-state index in [1.54, 1.807) is 11.0 Å². The Morgan fingerprint density at radius 2 is 2.10 bits per heavy atom. The molecule has 1 heterocycles. The third-order valence-electron chi connectivity index (χ3n) is 3.50. The van der Waals surface area contributed by atoms with E-state index < -0.39 is 5.82 Å². The summed E-state index contributed by atoms with van der Waals surface area (Å²) in [5.41, 5.74) is 5.88. The van der Waals surface area contributed by atoms with Crippen LogP contribution in [0.4, 0.5) is 4.39 Å². The fourth-order valence-corrected chi connectivity index (χ4v) is 2.73. The largest absolute Gasteiger partial charge is 0.409 e. The molecule has 1 fully saturated rings. The van der Waals surface area contributed by atoms with Crippen LogP contribution in [0.2, 0.25) is 0 Å². The number of halogens is 2. The van der Waals surface area contributed by atoms with E-state index in [2.05, 4.69) is 21.1 Å². The number of nitrogens with zero attached hydrogens (tertiary/aromatic N) is 2. The predicted molar refractivity (Wildman–Crippen MR) is 76.1 cm³/mol. The van der Waals surface area contributed by atoms with Gasteiger partial charge in [0.15, 0.2) is 0 Å². The molecule has 0 unspecified atom stereocenters. The first-order valence-electron chi connectivity index (χ1n) is 6.25. The zero-order valence-corrected chi connectivity index (χ0v) is 12.3. The van der Waals surface area contributed by atoms with Crippen molar-refractivity contribution < 1.29 is 14.4 Å². The molecule has 0 radical (unpaired) electrons. The molecule has 1 aliphatic rings. The zero-order chi connectivity index (χ0) is 14.7. The van der Waals surface area contributed by atoms with Crippen molar-refractivity contribution in [1.29, 1.82) is 0 Å². The van der Waals surface area contributed by atoms with Gasteiger partial charge in [-0.3, -0.25) is 4.79 Å². The molecule has 1 aliphatic heterocycles. The first-order chi connectivity index (χ1) is 9.54. The highest BCUT2D eigenvalue weighted by molar-refractivity contribution is 9.10. The summed E-state index contributed by atoms with van der Waals surface area (Å²) < 4.78 is 13.6. The number of benzene rings is 1. The summed E-state index contributed by atoms with van der Waals surface area (Å²) in [5.74, 6) is -0.485. The molecule has 0 aromatic heterocycles. The molecule has 3 N–H and O–H groups in total. The SMILES string of the molecule is N/C(=N/O)C1CCN(C(=O)c2cccc(F)c2Br)CC1. The maximum absolute atomic E-state index is 13.4. The number of oxime groups is 1. The van der Waals surface area contributed by atoms with Crippen LogP contribution in [0.25, 0.3) is 0 Å². The summed E-state index contributed by atoms with van der Waals surface area (Å²) in [6, 6.07) is 4.40. The van der Waals surface area contributed by atoms with E-state index in [0.29, 0.717) is 31.5 Å². The highest BCUT2D eigenvalue weighted by Gasteiger charge is 2.27. The number of amides is 1. The Morgan fingerprint density at radius 1 is 1.45 bits per heavy atom. The smallest absolute Gasteiger partial charge is 0.255 e. The van der Waals surface area contributed by atoms with Crippen LogP contribution in [0.5, 0.6) is 0 Å². The van der Waals surface area contributed by atoms with Gasteiger partial charge in [-0.05, 0) is 40.9 Å². The van der Waals surface area contributed by atoms with E-state index >= 15 is 0 Å². The van der Waals surface area contributed by atoms with E-state index in [1.807, 2.05) is 0 Å². The lowest BCUT2D eigenvalue weighted by Gasteiger charge is -2.31. The quantitative estimate of drug-likeness (QED) is 0.374. The van der Waals surface area contributed by atoms with Gasteiger partial charge in [-0.15, -0.1) is 0 Å². The van der Waals surface area contributed by atoms with Crippen molar-refractivity contribution >= 4 is 27.7 Å². The maximum Gasteiger partial charge on any atom is 0.255 e. The van der Waals surface area contributed by atoms with Crippen LogP contribution in [-0.4, -0.2) is 34.9 Å². The molecule has 7 heteroatoms. The summed E-state index contributed by atoms with van der Waals surface area (Å²) >= 11 is 3.10. The van der Waals surface area contributed by atoms with E-state index in [9.17, 15) is 9.18 Å². The van der Waals surface area contributed by atoms with E-state index in [1.165, 1.54) is 12.1 Å². The van der Waals surface area contributed by atoms with Gasteiger partial charge in [-0.2, -0.15) is 0 Å². The van der Waals surface area contributed by atoms with Crippen LogP contribution >= 0.6 is 15.9 Å². The second-order valence-corrected chi connectivity index (χ2v) is 5.49. The van der Waals surface area contributed by atoms with Crippen LogP contribution in [0.3, 0.4) is 0 Å². The van der Waals surface area contributed by atoms with Crippen LogP contribution in [0.1, 0.15) is 23.2 Å². The highest BCUT2D eigenvalue weighted by Crippen LogP contribution is 2.24. The summed E-state index contributed by atoms with van der Waals surface area (Å²) in [4.78, 5) is 14.0. The third kappa shape index (κ3) is 2.92. The van der Waals surface area contributed by atoms with Crippen molar-refractivity contribution in [3.05, 3.63) is 34.1 Å². The van der Waals surface area contributed by atoms with Gasteiger partial charge in [-0.1, -0.05) is 11.2 Å². The molecule has 0 saturated carbocycles. The first-order valence-corrected chi connectivity index (χ1v) is 7.04. The summed E-state index contributed by atoms with van der Waals surface area (Å²) in [6.45, 7) is 1.01. The number of carbonyl (C=O) groups is 1. The molecule has 0 spiro atoms. The lowest BCUT2D eigenvalue weighted by Crippen LogP contribution is -2.42. The van der Waals surface area contributed by atoms with Gasteiger partial charge in [0.25, 0.3) is 5.91 Å². The van der Waals surface area contributed by atoms with Gasteiger partial charge in [0, 0.05) is 19.0 Å². The zero-order valence-electron chi connectivity index (χ0n) is 10.7. The summed E-state index contributed by atoms with van der Waals surface area (Å²) in [5, 5.41) is 11.6. The lowest BCUT2D eigenvalue weighted by molar-refractivity contribution is 0.0707. The average Bonchev–Trinajstić information content (AvgIpc) is 2.48. The Kier molecular flexibility index (Phi) is 4.59. The number of likely N-dealkylation sites (tertiary alicyclic amines) is 1. The molecule has 0 aliphatic carbocycles. The van der Waals surface area contributed by atoms with Crippen LogP contribution in [-0.2, 0) is 0 Å². The van der Waals surface area contributed by atoms with Gasteiger partial charge < -0.3 is 15.8 Å². The number of nitrogens with two attached hydrogens (primary N) is 1. The molecule has 20 heavy (non-hydrogen) atoms. The predicted octanol–water partition coefficient (Wildman–Crippen LogP) is 2.19. The normalized spacial score (nSPS) is 17.3. The minimum Gasteiger partial charge on any atom is -0.409 e. The maximum atomic E-state index is 13.4. The fourth-order valence-electron chi connectivity index (χ4n) is 2.30. The number of hydrogen-bond donors (Lipinski definition) is 2. The van der Waals surface area contributed by atoms with Crippen LogP contribution < -0.4 is 5.73 Å². The minimum atomic E-state index is -0.456. The number of carbonyl (C=O) groups excluding carboxylic acids is 1. The molecule has 1 aromatic carbocycles. The number of piperidine rings is 1. The van der Waals surface area contributed by atoms with Gasteiger partial charge in [-0.25, -0.2) is 4.39 Å². The first kappa shape index (κ1) is 14.8. The lowest BCUT2D eigenvalue weighted by atomic mass is 9.95. The van der Waals surface area contributed by atoms with Gasteiger partial charge in [0.1, 0.15) is 11.7 Å². The van der Waals surface area contributed by atoms with E-state index in [4.69, 9.17) is 10.9 Å². The summed E-state index contributed by atoms with van der Waals surface area (Å²) in [6.07, 6.45) is 1.27. The number of hydrogen-bond acceptors (Lipinski definition) is 3. The molecular weight excluding hydrogens is 329 g/mol. The molecule has 1 aromatic rings. The third-order valence-corrected chi connectivity index (χ3v) is 4.30. The average molecular weight is 344 g/mol. The Hall–Kier alpha value is -1.63. The van der Waals surface area contributed by atoms with Crippen molar-refractivity contribution in [2.24, 2.45) is 16.8 Å². The molecule has 2 rings (SSSR count). The Balaban J connectivity index is 2.07. The van der Waals surface area contributed by atoms with Crippen molar-refractivity contribution in [3.8, 4) is 0 Å². The fraction of sp³-hybridized carbons (Fsp3) is 0.385. The monoisotopic (exact) mass is 343 g/mol. The molecule has 0 bridgehead atoms. The molecule has 1 saturated heterocycles. The van der Waals surface area contributed by atoms with E-state index in [-0.39, 0.29) is 22.1 Å². The topological polar surface area (TPSA) is 78.9 Å². The van der Waals surface area contributed by atoms with Gasteiger partial charge >= 0.3 is 0 Å². The molecular formula is C13H15BrFN3O2. The molecule has 0 atom stereocenters. The second kappa shape index (κ2) is 6.21. The second-order valence-electron chi connectivity index (χ2n) is 4.69. The number of rotatable bonds is 2. The van der Waals surface area contributed by atoms with Crippen LogP contribution in [0, 0.1) is 11.7 Å². The van der Waals surface area contributed by atoms with E-state index in [0.717, 1.165) is 0 Å². The standard InChI is InChI=1S/C13H15BrFN3O2/c14-11-9(2-1-3-10(11)15)13(19)18-6-4-8(5-7-18)12(16)17-20/h1-3,8,20H,4-7H2,(H2,16,17). The van der Waals surface area contributed by atoms with Crippen LogP contribution in [0.15, 0.2) is 27.8 Å². The Morgan fingerprint density at radius 3 is 2.70 bits per heavy atom. The van der Waals surface area contributed by atoms with Crippen molar-refractivity contribution in [1.82, 2.24) is 4.90 Å². The molecule has 1 amide bonds. The summed E-state index contributed by atoms with van der Waals surface area (Å²) in [7, 11) is 0. The number of amidine groups is 1.